The first-order chi connectivity index (χ1) is 8.04. The van der Waals surface area contributed by atoms with Crippen molar-refractivity contribution in [3.05, 3.63) is 46.6 Å². The van der Waals surface area contributed by atoms with Crippen molar-refractivity contribution in [3.8, 4) is 6.07 Å². The largest absolute Gasteiger partial charge is 0.351 e. The van der Waals surface area contributed by atoms with Crippen LogP contribution in [0.15, 0.2) is 36.0 Å². The van der Waals surface area contributed by atoms with Crippen molar-refractivity contribution in [2.75, 3.05) is 0 Å². The van der Waals surface area contributed by atoms with Crippen LogP contribution in [0.25, 0.3) is 0 Å². The van der Waals surface area contributed by atoms with Crippen LogP contribution in [0.3, 0.4) is 0 Å². The summed E-state index contributed by atoms with van der Waals surface area (Å²) in [5.41, 5.74) is 4.90. The highest BCUT2D eigenvalue weighted by molar-refractivity contribution is 6.30. The molecule has 0 aliphatic rings. The number of nitriles is 1. The summed E-state index contributed by atoms with van der Waals surface area (Å²) in [6, 6.07) is 6.87. The van der Waals surface area contributed by atoms with Crippen molar-refractivity contribution in [3.63, 3.8) is 0 Å². The number of primary amides is 1. The second-order valence-electron chi connectivity index (χ2n) is 3.01. The summed E-state index contributed by atoms with van der Waals surface area (Å²) in [6.07, 6.45) is 0.972. The van der Waals surface area contributed by atoms with Crippen molar-refractivity contribution < 1.29 is 9.59 Å². The van der Waals surface area contributed by atoms with Crippen molar-refractivity contribution in [1.29, 1.82) is 5.26 Å². The Balaban J connectivity index is 2.95. The van der Waals surface area contributed by atoms with Gasteiger partial charge >= 0.3 is 6.03 Å². The van der Waals surface area contributed by atoms with Gasteiger partial charge in [0.2, 0.25) is 5.78 Å². The van der Waals surface area contributed by atoms with E-state index in [4.69, 9.17) is 22.6 Å². The number of nitrogens with zero attached hydrogens (tertiary/aromatic N) is 1. The van der Waals surface area contributed by atoms with E-state index in [-0.39, 0.29) is 5.57 Å². The zero-order valence-electron chi connectivity index (χ0n) is 8.61. The number of benzene rings is 1. The van der Waals surface area contributed by atoms with Gasteiger partial charge in [-0.3, -0.25) is 4.79 Å². The number of carbonyl (C=O) groups excluding carboxylic acids is 2. The number of nitrogens with two attached hydrogens (primary N) is 1. The SMILES string of the molecule is N#CC(=CNC(N)=O)C(=O)c1ccc(Cl)cc1. The molecule has 3 N–H and O–H groups in total. The number of hydrogen-bond acceptors (Lipinski definition) is 3. The lowest BCUT2D eigenvalue weighted by Crippen LogP contribution is -2.25. The van der Waals surface area contributed by atoms with Gasteiger partial charge in [-0.25, -0.2) is 4.79 Å². The van der Waals surface area contributed by atoms with Gasteiger partial charge in [-0.2, -0.15) is 5.26 Å². The molecule has 0 radical (unpaired) electrons. The number of hydrogen-bond donors (Lipinski definition) is 2. The molecule has 0 heterocycles. The summed E-state index contributed by atoms with van der Waals surface area (Å²) in [4.78, 5) is 22.2. The van der Waals surface area contributed by atoms with E-state index in [1.54, 1.807) is 6.07 Å². The Bertz CT molecular complexity index is 515. The van der Waals surface area contributed by atoms with Gasteiger partial charge in [-0.1, -0.05) is 11.6 Å². The summed E-state index contributed by atoms with van der Waals surface area (Å²) in [5.74, 6) is -0.516. The van der Waals surface area contributed by atoms with Crippen LogP contribution in [0.2, 0.25) is 5.02 Å². The third kappa shape index (κ3) is 3.63. The number of amides is 2. The topological polar surface area (TPSA) is 96.0 Å². The molecule has 1 rings (SSSR count). The number of halogens is 1. The van der Waals surface area contributed by atoms with Crippen LogP contribution in [0.1, 0.15) is 10.4 Å². The molecule has 0 saturated heterocycles. The molecule has 1 aromatic carbocycles. The highest BCUT2D eigenvalue weighted by Crippen LogP contribution is 2.12. The first-order valence-electron chi connectivity index (χ1n) is 4.51. The molecule has 0 atom stereocenters. The maximum Gasteiger partial charge on any atom is 0.316 e. The molecule has 0 spiro atoms. The zero-order chi connectivity index (χ0) is 12.8. The molecule has 0 aliphatic heterocycles. The molecule has 86 valence electrons. The first-order valence-corrected chi connectivity index (χ1v) is 4.89. The molecule has 1 aromatic rings. The number of allylic oxidation sites excluding steroid dienone is 1. The van der Waals surface area contributed by atoms with Gasteiger partial charge in [0, 0.05) is 16.8 Å². The fourth-order valence-electron chi connectivity index (χ4n) is 1.05. The van der Waals surface area contributed by atoms with Gasteiger partial charge in [0.15, 0.2) is 0 Å². The molecule has 0 aromatic heterocycles. The Morgan fingerprint density at radius 1 is 1.35 bits per heavy atom. The van der Waals surface area contributed by atoms with E-state index in [9.17, 15) is 9.59 Å². The van der Waals surface area contributed by atoms with Gasteiger partial charge in [0.1, 0.15) is 11.6 Å². The molecule has 6 heteroatoms. The standard InChI is InChI=1S/C11H8ClN3O2/c12-9-3-1-7(2-4-9)10(16)8(5-13)6-15-11(14)17/h1-4,6H,(H3,14,15,17). The average Bonchev–Trinajstić information content (AvgIpc) is 2.30. The van der Waals surface area contributed by atoms with E-state index in [1.807, 2.05) is 0 Å². The highest BCUT2D eigenvalue weighted by Gasteiger charge is 2.11. The molecule has 0 saturated carbocycles. The fraction of sp³-hybridized carbons (Fsp3) is 0. The Hall–Kier alpha value is -2.32. The van der Waals surface area contributed by atoms with E-state index >= 15 is 0 Å². The van der Waals surface area contributed by atoms with E-state index in [2.05, 4.69) is 5.32 Å². The van der Waals surface area contributed by atoms with E-state index in [1.165, 1.54) is 24.3 Å². The number of urea groups is 1. The molecule has 2 amide bonds. The highest BCUT2D eigenvalue weighted by atomic mass is 35.5. The Morgan fingerprint density at radius 3 is 2.41 bits per heavy atom. The van der Waals surface area contributed by atoms with Crippen molar-refractivity contribution >= 4 is 23.4 Å². The Kier molecular flexibility index (Phi) is 4.26. The molecule has 0 unspecified atom stereocenters. The van der Waals surface area contributed by atoms with Crippen LogP contribution in [0.4, 0.5) is 4.79 Å². The summed E-state index contributed by atoms with van der Waals surface area (Å²) >= 11 is 5.67. The summed E-state index contributed by atoms with van der Waals surface area (Å²) in [5, 5.41) is 11.3. The minimum absolute atomic E-state index is 0.217. The smallest absolute Gasteiger partial charge is 0.316 e. The second-order valence-corrected chi connectivity index (χ2v) is 3.45. The van der Waals surface area contributed by atoms with Crippen LogP contribution < -0.4 is 11.1 Å². The number of rotatable bonds is 3. The average molecular weight is 250 g/mol. The van der Waals surface area contributed by atoms with E-state index in [0.717, 1.165) is 6.20 Å². The van der Waals surface area contributed by atoms with Gasteiger partial charge in [0.05, 0.1) is 0 Å². The van der Waals surface area contributed by atoms with Gasteiger partial charge in [-0.15, -0.1) is 0 Å². The maximum atomic E-state index is 11.8. The van der Waals surface area contributed by atoms with Crippen LogP contribution in [0.5, 0.6) is 0 Å². The van der Waals surface area contributed by atoms with Crippen LogP contribution in [-0.4, -0.2) is 11.8 Å². The van der Waals surface area contributed by atoms with Crippen LogP contribution >= 0.6 is 11.6 Å². The van der Waals surface area contributed by atoms with Crippen molar-refractivity contribution in [2.45, 2.75) is 0 Å². The maximum absolute atomic E-state index is 11.8. The molecule has 0 bridgehead atoms. The number of ketones is 1. The fourth-order valence-corrected chi connectivity index (χ4v) is 1.17. The monoisotopic (exact) mass is 249 g/mol. The number of carbonyl (C=O) groups is 2. The minimum Gasteiger partial charge on any atom is -0.351 e. The molecular weight excluding hydrogens is 242 g/mol. The third-order valence-electron chi connectivity index (χ3n) is 1.83. The van der Waals surface area contributed by atoms with Crippen molar-refractivity contribution in [1.82, 2.24) is 5.32 Å². The summed E-state index contributed by atoms with van der Waals surface area (Å²) < 4.78 is 0. The molecule has 0 aliphatic carbocycles. The van der Waals surface area contributed by atoms with Gasteiger partial charge in [-0.05, 0) is 24.3 Å². The van der Waals surface area contributed by atoms with E-state index < -0.39 is 11.8 Å². The van der Waals surface area contributed by atoms with Crippen molar-refractivity contribution in [2.24, 2.45) is 5.73 Å². The van der Waals surface area contributed by atoms with E-state index in [0.29, 0.717) is 10.6 Å². The predicted octanol–water partition coefficient (Wildman–Crippen LogP) is 1.60. The molecular formula is C11H8ClN3O2. The predicted molar refractivity (Wildman–Crippen MR) is 62.2 cm³/mol. The van der Waals surface area contributed by atoms with Gasteiger partial charge < -0.3 is 11.1 Å². The number of Topliss-reactive ketones (excluding diaryl/α,β-unsaturated/α-hetero) is 1. The lowest BCUT2D eigenvalue weighted by molar-refractivity contribution is 0.103. The summed E-state index contributed by atoms with van der Waals surface area (Å²) in [6.45, 7) is 0. The molecule has 0 fully saturated rings. The minimum atomic E-state index is -0.846. The summed E-state index contributed by atoms with van der Waals surface area (Å²) in [7, 11) is 0. The van der Waals surface area contributed by atoms with Crippen LogP contribution in [-0.2, 0) is 0 Å². The lowest BCUT2D eigenvalue weighted by Gasteiger charge is -1.99. The second kappa shape index (κ2) is 5.68. The third-order valence-corrected chi connectivity index (χ3v) is 2.08. The lowest BCUT2D eigenvalue weighted by atomic mass is 10.1. The first kappa shape index (κ1) is 12.7. The van der Waals surface area contributed by atoms with Gasteiger partial charge in [0.25, 0.3) is 0 Å². The molecule has 5 nitrogen and oxygen atoms in total. The Labute approximate surface area is 102 Å². The normalized spacial score (nSPS) is 10.5. The van der Waals surface area contributed by atoms with Crippen LogP contribution in [0, 0.1) is 11.3 Å². The zero-order valence-corrected chi connectivity index (χ0v) is 9.36. The quantitative estimate of drug-likeness (QED) is 0.484. The molecule has 17 heavy (non-hydrogen) atoms. The Morgan fingerprint density at radius 2 is 1.94 bits per heavy atom. The number of nitrogens with one attached hydrogen (secondary N) is 1.